The molecule has 0 saturated heterocycles. The molecule has 1 heterocycles. The van der Waals surface area contributed by atoms with Crippen LogP contribution in [0.5, 0.6) is 0 Å². The Bertz CT molecular complexity index is 353. The van der Waals surface area contributed by atoms with E-state index in [0.29, 0.717) is 0 Å². The summed E-state index contributed by atoms with van der Waals surface area (Å²) in [6.45, 7) is 0. The molecule has 1 aliphatic carbocycles. The number of aliphatic carboxylic acids is 1. The van der Waals surface area contributed by atoms with Crippen LogP contribution >= 0.6 is 15.9 Å². The Labute approximate surface area is 83.9 Å². The Morgan fingerprint density at radius 1 is 1.69 bits per heavy atom. The van der Waals surface area contributed by atoms with Gasteiger partial charge in [-0.1, -0.05) is 6.07 Å². The predicted molar refractivity (Wildman–Crippen MR) is 50.4 cm³/mol. The van der Waals surface area contributed by atoms with E-state index in [2.05, 4.69) is 20.9 Å². The first-order valence-corrected chi connectivity index (χ1v) is 4.82. The van der Waals surface area contributed by atoms with E-state index in [-0.39, 0.29) is 11.8 Å². The van der Waals surface area contributed by atoms with E-state index < -0.39 is 5.97 Å². The maximum Gasteiger partial charge on any atom is 0.307 e. The monoisotopic (exact) mass is 241 g/mol. The van der Waals surface area contributed by atoms with Crippen molar-refractivity contribution in [1.29, 1.82) is 0 Å². The summed E-state index contributed by atoms with van der Waals surface area (Å²) < 4.78 is 0.767. The molecule has 1 N–H and O–H groups in total. The van der Waals surface area contributed by atoms with Crippen LogP contribution in [0.1, 0.15) is 17.9 Å². The van der Waals surface area contributed by atoms with Crippen LogP contribution in [-0.4, -0.2) is 16.1 Å². The largest absolute Gasteiger partial charge is 0.481 e. The van der Waals surface area contributed by atoms with Crippen molar-refractivity contribution in [1.82, 2.24) is 4.98 Å². The second-order valence-electron chi connectivity index (χ2n) is 3.17. The van der Waals surface area contributed by atoms with Crippen molar-refractivity contribution in [2.75, 3.05) is 0 Å². The van der Waals surface area contributed by atoms with Crippen molar-refractivity contribution in [2.24, 2.45) is 5.92 Å². The minimum atomic E-state index is -0.708. The van der Waals surface area contributed by atoms with Crippen LogP contribution in [0.2, 0.25) is 0 Å². The van der Waals surface area contributed by atoms with Gasteiger partial charge in [0, 0.05) is 12.1 Å². The van der Waals surface area contributed by atoms with Gasteiger partial charge in [0.05, 0.1) is 5.92 Å². The molecule has 0 bridgehead atoms. The van der Waals surface area contributed by atoms with Gasteiger partial charge in [-0.25, -0.2) is 4.98 Å². The molecule has 1 aromatic heterocycles. The van der Waals surface area contributed by atoms with E-state index in [9.17, 15) is 4.79 Å². The van der Waals surface area contributed by atoms with E-state index in [1.807, 2.05) is 12.1 Å². The molecule has 2 unspecified atom stereocenters. The van der Waals surface area contributed by atoms with Crippen LogP contribution in [0.3, 0.4) is 0 Å². The lowest BCUT2D eigenvalue weighted by atomic mass is 10.1. The van der Waals surface area contributed by atoms with Crippen LogP contribution in [0.15, 0.2) is 22.9 Å². The fraction of sp³-hybridized carbons (Fsp3) is 0.333. The Morgan fingerprint density at radius 2 is 2.46 bits per heavy atom. The third kappa shape index (κ3) is 1.58. The Morgan fingerprint density at radius 3 is 3.00 bits per heavy atom. The van der Waals surface area contributed by atoms with Gasteiger partial charge < -0.3 is 5.11 Å². The van der Waals surface area contributed by atoms with E-state index in [1.165, 1.54) is 0 Å². The zero-order valence-corrected chi connectivity index (χ0v) is 8.36. The van der Waals surface area contributed by atoms with Gasteiger partial charge in [0.25, 0.3) is 0 Å². The number of carboxylic acid groups (broad SMARTS) is 1. The molecule has 1 fully saturated rings. The molecule has 2 atom stereocenters. The van der Waals surface area contributed by atoms with E-state index in [1.54, 1.807) is 6.20 Å². The summed E-state index contributed by atoms with van der Waals surface area (Å²) in [6, 6.07) is 3.75. The highest BCUT2D eigenvalue weighted by Gasteiger charge is 2.45. The van der Waals surface area contributed by atoms with Gasteiger partial charge in [-0.3, -0.25) is 4.79 Å². The third-order valence-electron chi connectivity index (χ3n) is 2.30. The van der Waals surface area contributed by atoms with Crippen molar-refractivity contribution in [3.8, 4) is 0 Å². The van der Waals surface area contributed by atoms with Crippen LogP contribution in [0, 0.1) is 5.92 Å². The second kappa shape index (κ2) is 3.10. The van der Waals surface area contributed by atoms with Crippen LogP contribution in [0.4, 0.5) is 0 Å². The lowest BCUT2D eigenvalue weighted by Gasteiger charge is -1.99. The van der Waals surface area contributed by atoms with Crippen molar-refractivity contribution in [3.63, 3.8) is 0 Å². The highest BCUT2D eigenvalue weighted by Crippen LogP contribution is 2.49. The molecule has 0 spiro atoms. The highest BCUT2D eigenvalue weighted by atomic mass is 79.9. The molecule has 0 aromatic carbocycles. The molecule has 13 heavy (non-hydrogen) atoms. The van der Waals surface area contributed by atoms with Gasteiger partial charge in [-0.05, 0) is 34.0 Å². The number of halogens is 1. The zero-order valence-electron chi connectivity index (χ0n) is 6.77. The molecule has 0 amide bonds. The first-order valence-electron chi connectivity index (χ1n) is 4.03. The van der Waals surface area contributed by atoms with Gasteiger partial charge >= 0.3 is 5.97 Å². The van der Waals surface area contributed by atoms with Crippen molar-refractivity contribution in [2.45, 2.75) is 12.3 Å². The smallest absolute Gasteiger partial charge is 0.307 e. The summed E-state index contributed by atoms with van der Waals surface area (Å²) in [5.41, 5.74) is 1.01. The van der Waals surface area contributed by atoms with Gasteiger partial charge in [-0.2, -0.15) is 0 Å². The van der Waals surface area contributed by atoms with Crippen LogP contribution < -0.4 is 0 Å². The number of hydrogen-bond acceptors (Lipinski definition) is 2. The minimum Gasteiger partial charge on any atom is -0.481 e. The fourth-order valence-electron chi connectivity index (χ4n) is 1.49. The number of carboxylic acids is 1. The average Bonchev–Trinajstić information content (AvgIpc) is 2.84. The summed E-state index contributed by atoms with van der Waals surface area (Å²) in [7, 11) is 0. The topological polar surface area (TPSA) is 50.2 Å². The maximum absolute atomic E-state index is 10.6. The average molecular weight is 242 g/mol. The van der Waals surface area contributed by atoms with Crippen molar-refractivity contribution in [3.05, 3.63) is 28.5 Å². The normalized spacial score (nSPS) is 25.6. The summed E-state index contributed by atoms with van der Waals surface area (Å²) in [5.74, 6) is -0.762. The van der Waals surface area contributed by atoms with Gasteiger partial charge in [0.2, 0.25) is 0 Å². The molecule has 1 aromatic rings. The molecule has 68 valence electrons. The maximum atomic E-state index is 10.6. The molecule has 4 heteroatoms. The van der Waals surface area contributed by atoms with E-state index in [0.717, 1.165) is 16.6 Å². The summed E-state index contributed by atoms with van der Waals surface area (Å²) in [4.78, 5) is 14.7. The van der Waals surface area contributed by atoms with Gasteiger partial charge in [-0.15, -0.1) is 0 Å². The number of rotatable bonds is 2. The molecular formula is C9H8BrNO2. The number of aromatic nitrogens is 1. The summed E-state index contributed by atoms with van der Waals surface area (Å²) in [5, 5.41) is 8.74. The molecular weight excluding hydrogens is 234 g/mol. The SMILES string of the molecule is O=C(O)C1CC1c1cccnc1Br. The minimum absolute atomic E-state index is 0.153. The van der Waals surface area contributed by atoms with E-state index in [4.69, 9.17) is 5.11 Å². The fourth-order valence-corrected chi connectivity index (χ4v) is 2.03. The number of carbonyl (C=O) groups is 1. The number of nitrogens with zero attached hydrogens (tertiary/aromatic N) is 1. The standard InChI is InChI=1S/C9H8BrNO2/c10-8-5(2-1-3-11-8)6-4-7(6)9(12)13/h1-3,6-7H,4H2,(H,12,13). The quantitative estimate of drug-likeness (QED) is 0.807. The van der Waals surface area contributed by atoms with Gasteiger partial charge in [0.1, 0.15) is 4.60 Å². The van der Waals surface area contributed by atoms with E-state index >= 15 is 0 Å². The second-order valence-corrected chi connectivity index (χ2v) is 3.92. The van der Waals surface area contributed by atoms with Crippen molar-refractivity contribution < 1.29 is 9.90 Å². The molecule has 1 saturated carbocycles. The Kier molecular flexibility index (Phi) is 2.07. The van der Waals surface area contributed by atoms with Crippen LogP contribution in [-0.2, 0) is 4.79 Å². The number of hydrogen-bond donors (Lipinski definition) is 1. The lowest BCUT2D eigenvalue weighted by molar-refractivity contribution is -0.138. The molecule has 2 rings (SSSR count). The Hall–Kier alpha value is -0.900. The van der Waals surface area contributed by atoms with Crippen LogP contribution in [0.25, 0.3) is 0 Å². The zero-order chi connectivity index (χ0) is 9.42. The predicted octanol–water partition coefficient (Wildman–Crippen LogP) is 2.03. The lowest BCUT2D eigenvalue weighted by Crippen LogP contribution is -1.99. The first-order chi connectivity index (χ1) is 6.20. The molecule has 3 nitrogen and oxygen atoms in total. The highest BCUT2D eigenvalue weighted by molar-refractivity contribution is 9.10. The Balaban J connectivity index is 2.21. The first kappa shape index (κ1) is 8.69. The molecule has 1 aliphatic rings. The summed E-state index contributed by atoms with van der Waals surface area (Å²) >= 11 is 3.31. The van der Waals surface area contributed by atoms with Gasteiger partial charge in [0.15, 0.2) is 0 Å². The number of pyridine rings is 1. The molecule has 0 radical (unpaired) electrons. The third-order valence-corrected chi connectivity index (χ3v) is 2.96. The van der Waals surface area contributed by atoms with Crippen molar-refractivity contribution >= 4 is 21.9 Å². The molecule has 0 aliphatic heterocycles. The summed E-state index contributed by atoms with van der Waals surface area (Å²) in [6.07, 6.45) is 2.42.